The summed E-state index contributed by atoms with van der Waals surface area (Å²) in [5.74, 6) is -1.02. The summed E-state index contributed by atoms with van der Waals surface area (Å²) < 4.78 is 0. The average Bonchev–Trinajstić information content (AvgIpc) is 2.80. The van der Waals surface area contributed by atoms with Crippen LogP contribution < -0.4 is 16.1 Å². The summed E-state index contributed by atoms with van der Waals surface area (Å²) >= 11 is 1.28. The Labute approximate surface area is 205 Å². The molecule has 11 heteroatoms. The van der Waals surface area contributed by atoms with E-state index < -0.39 is 10.8 Å². The molecule has 0 heterocycles. The molecular formula is C24H21N5O5S. The minimum atomic E-state index is -0.525. The van der Waals surface area contributed by atoms with Crippen molar-refractivity contribution in [3.8, 4) is 0 Å². The molecule has 0 radical (unpaired) electrons. The van der Waals surface area contributed by atoms with Crippen LogP contribution in [0.3, 0.4) is 0 Å². The topological polar surface area (TPSA) is 143 Å². The molecule has 3 aromatic rings. The van der Waals surface area contributed by atoms with Crippen molar-refractivity contribution >= 4 is 52.8 Å². The molecule has 0 fully saturated rings. The third-order valence-electron chi connectivity index (χ3n) is 4.44. The maximum absolute atomic E-state index is 12.5. The number of nitro benzene ring substituents is 1. The van der Waals surface area contributed by atoms with Crippen molar-refractivity contribution in [2.24, 2.45) is 5.10 Å². The van der Waals surface area contributed by atoms with Crippen molar-refractivity contribution in [2.45, 2.75) is 23.6 Å². The van der Waals surface area contributed by atoms with Gasteiger partial charge in [-0.15, -0.1) is 0 Å². The van der Waals surface area contributed by atoms with Crippen LogP contribution in [0, 0.1) is 10.1 Å². The Balaban J connectivity index is 1.84. The third-order valence-corrected chi connectivity index (χ3v) is 5.60. The number of hydrazone groups is 1. The van der Waals surface area contributed by atoms with Crippen LogP contribution in [0.5, 0.6) is 0 Å². The van der Waals surface area contributed by atoms with Gasteiger partial charge >= 0.3 is 0 Å². The van der Waals surface area contributed by atoms with E-state index in [0.717, 1.165) is 4.90 Å². The lowest BCUT2D eigenvalue weighted by Gasteiger charge is -2.11. The quantitative estimate of drug-likeness (QED) is 0.242. The molecule has 0 spiro atoms. The smallest absolute Gasteiger partial charge is 0.271 e. The maximum Gasteiger partial charge on any atom is 0.271 e. The number of amides is 3. The van der Waals surface area contributed by atoms with Gasteiger partial charge in [0.25, 0.3) is 11.6 Å². The van der Waals surface area contributed by atoms with Gasteiger partial charge in [-0.3, -0.25) is 24.5 Å². The number of hydrogen-bond acceptors (Lipinski definition) is 7. The largest absolute Gasteiger partial charge is 0.326 e. The minimum absolute atomic E-state index is 0.139. The molecule has 3 rings (SSSR count). The molecule has 0 aliphatic rings. The monoisotopic (exact) mass is 491 g/mol. The van der Waals surface area contributed by atoms with E-state index in [2.05, 4.69) is 21.2 Å². The number of carbonyl (C=O) groups excluding carboxylic acids is 3. The van der Waals surface area contributed by atoms with Crippen molar-refractivity contribution in [2.75, 3.05) is 10.6 Å². The number of carbonyl (C=O) groups is 3. The van der Waals surface area contributed by atoms with E-state index in [1.807, 2.05) is 12.1 Å². The molecule has 0 saturated heterocycles. The lowest BCUT2D eigenvalue weighted by Crippen LogP contribution is -2.18. The molecule has 0 unspecified atom stereocenters. The fourth-order valence-corrected chi connectivity index (χ4v) is 3.95. The first kappa shape index (κ1) is 25.1. The molecule has 0 bridgehead atoms. The van der Waals surface area contributed by atoms with E-state index in [1.165, 1.54) is 50.0 Å². The Bertz CT molecular complexity index is 1330. The van der Waals surface area contributed by atoms with Gasteiger partial charge < -0.3 is 10.6 Å². The molecule has 10 nitrogen and oxygen atoms in total. The highest BCUT2D eigenvalue weighted by atomic mass is 32.2. The van der Waals surface area contributed by atoms with E-state index in [0.29, 0.717) is 21.8 Å². The van der Waals surface area contributed by atoms with Crippen LogP contribution in [0.4, 0.5) is 17.1 Å². The Morgan fingerprint density at radius 3 is 2.37 bits per heavy atom. The molecule has 3 aromatic carbocycles. The molecule has 178 valence electrons. The zero-order chi connectivity index (χ0) is 25.4. The van der Waals surface area contributed by atoms with Crippen molar-refractivity contribution in [1.29, 1.82) is 0 Å². The van der Waals surface area contributed by atoms with Gasteiger partial charge in [0.15, 0.2) is 0 Å². The SMILES string of the molecule is CC(=O)Nc1cccc(C(=O)NN=Cc2cc([N+](=O)[O-])ccc2Sc2ccccc2NC(C)=O)c1. The Morgan fingerprint density at radius 1 is 0.914 bits per heavy atom. The number of hydrogen-bond donors (Lipinski definition) is 3. The van der Waals surface area contributed by atoms with Gasteiger partial charge in [0.1, 0.15) is 0 Å². The highest BCUT2D eigenvalue weighted by Gasteiger charge is 2.13. The fourth-order valence-electron chi connectivity index (χ4n) is 2.98. The second-order valence-corrected chi connectivity index (χ2v) is 8.30. The van der Waals surface area contributed by atoms with Crippen LogP contribution >= 0.6 is 11.8 Å². The molecule has 0 aliphatic heterocycles. The van der Waals surface area contributed by atoms with E-state index in [1.54, 1.807) is 36.4 Å². The molecule has 35 heavy (non-hydrogen) atoms. The number of non-ortho nitro benzene ring substituents is 1. The summed E-state index contributed by atoms with van der Waals surface area (Å²) in [6, 6.07) is 17.8. The number of nitrogens with one attached hydrogen (secondary N) is 3. The van der Waals surface area contributed by atoms with E-state index in [9.17, 15) is 24.5 Å². The first-order valence-electron chi connectivity index (χ1n) is 10.3. The van der Waals surface area contributed by atoms with Gasteiger partial charge in [-0.05, 0) is 36.4 Å². The summed E-state index contributed by atoms with van der Waals surface area (Å²) in [6.07, 6.45) is 1.31. The Hall–Kier alpha value is -4.51. The van der Waals surface area contributed by atoms with Gasteiger partial charge in [-0.1, -0.05) is 30.0 Å². The van der Waals surface area contributed by atoms with Crippen LogP contribution in [0.1, 0.15) is 29.8 Å². The number of nitrogens with zero attached hydrogens (tertiary/aromatic N) is 2. The number of anilines is 2. The number of benzene rings is 3. The zero-order valence-electron chi connectivity index (χ0n) is 18.8. The predicted octanol–water partition coefficient (Wildman–Crippen LogP) is 4.43. The van der Waals surface area contributed by atoms with Crippen molar-refractivity contribution < 1.29 is 19.3 Å². The summed E-state index contributed by atoms with van der Waals surface area (Å²) in [4.78, 5) is 47.3. The van der Waals surface area contributed by atoms with Gasteiger partial charge in [-0.2, -0.15) is 5.10 Å². The van der Waals surface area contributed by atoms with E-state index in [4.69, 9.17) is 0 Å². The lowest BCUT2D eigenvalue weighted by molar-refractivity contribution is -0.384. The van der Waals surface area contributed by atoms with Gasteiger partial charge in [0.05, 0.1) is 16.8 Å². The minimum Gasteiger partial charge on any atom is -0.326 e. The third kappa shape index (κ3) is 7.24. The molecule has 0 saturated carbocycles. The summed E-state index contributed by atoms with van der Waals surface area (Å²) in [7, 11) is 0. The van der Waals surface area contributed by atoms with Crippen LogP contribution in [-0.2, 0) is 9.59 Å². The molecule has 0 aliphatic carbocycles. The zero-order valence-corrected chi connectivity index (χ0v) is 19.6. The van der Waals surface area contributed by atoms with Gasteiger partial charge in [0, 0.05) is 52.6 Å². The van der Waals surface area contributed by atoms with Gasteiger partial charge in [0.2, 0.25) is 11.8 Å². The normalized spacial score (nSPS) is 10.6. The number of nitro groups is 1. The van der Waals surface area contributed by atoms with E-state index >= 15 is 0 Å². The van der Waals surface area contributed by atoms with Crippen LogP contribution in [0.25, 0.3) is 0 Å². The van der Waals surface area contributed by atoms with E-state index in [-0.39, 0.29) is 23.1 Å². The molecule has 3 N–H and O–H groups in total. The van der Waals surface area contributed by atoms with Crippen LogP contribution in [0.15, 0.2) is 81.6 Å². The number of rotatable bonds is 8. The first-order chi connectivity index (χ1) is 16.7. The standard InChI is InChI=1S/C24H21N5O5S/c1-15(30)26-19-7-5-6-17(12-19)24(32)28-25-14-18-13-20(29(33)34)10-11-22(18)35-23-9-4-3-8-21(23)27-16(2)31/h3-14H,1-2H3,(H,26,30)(H,27,31)(H,28,32). The molecule has 0 atom stereocenters. The first-order valence-corrected chi connectivity index (χ1v) is 11.1. The molecule has 3 amide bonds. The Kier molecular flexibility index (Phi) is 8.30. The number of para-hydroxylation sites is 1. The maximum atomic E-state index is 12.5. The van der Waals surface area contributed by atoms with Crippen molar-refractivity contribution in [1.82, 2.24) is 5.43 Å². The Morgan fingerprint density at radius 2 is 1.66 bits per heavy atom. The molecule has 0 aromatic heterocycles. The fraction of sp³-hybridized carbons (Fsp3) is 0.0833. The summed E-state index contributed by atoms with van der Waals surface area (Å²) in [6.45, 7) is 2.76. The van der Waals surface area contributed by atoms with Crippen molar-refractivity contribution in [3.05, 3.63) is 88.0 Å². The molecular weight excluding hydrogens is 470 g/mol. The summed E-state index contributed by atoms with van der Waals surface area (Å²) in [5, 5.41) is 20.6. The van der Waals surface area contributed by atoms with Gasteiger partial charge in [-0.25, -0.2) is 5.43 Å². The highest BCUT2D eigenvalue weighted by molar-refractivity contribution is 7.99. The van der Waals surface area contributed by atoms with Crippen LogP contribution in [-0.4, -0.2) is 28.9 Å². The van der Waals surface area contributed by atoms with Crippen LogP contribution in [0.2, 0.25) is 0 Å². The predicted molar refractivity (Wildman–Crippen MR) is 134 cm³/mol. The highest BCUT2D eigenvalue weighted by Crippen LogP contribution is 2.36. The summed E-state index contributed by atoms with van der Waals surface area (Å²) in [5.41, 5.74) is 3.97. The van der Waals surface area contributed by atoms with Crippen molar-refractivity contribution in [3.63, 3.8) is 0 Å². The second kappa shape index (κ2) is 11.6. The lowest BCUT2D eigenvalue weighted by atomic mass is 10.2. The average molecular weight is 492 g/mol. The second-order valence-electron chi connectivity index (χ2n) is 7.22.